The summed E-state index contributed by atoms with van der Waals surface area (Å²) < 4.78 is 14.8. The summed E-state index contributed by atoms with van der Waals surface area (Å²) in [5.41, 5.74) is 2.96. The van der Waals surface area contributed by atoms with Gasteiger partial charge in [-0.05, 0) is 61.6 Å². The number of phenolic OH excluding ortho intramolecular Hbond substituents is 1. The first-order valence-electron chi connectivity index (χ1n) is 11.7. The Balaban J connectivity index is 1.39. The van der Waals surface area contributed by atoms with Crippen molar-refractivity contribution in [1.82, 2.24) is 15.1 Å². The van der Waals surface area contributed by atoms with E-state index in [4.69, 9.17) is 0 Å². The zero-order valence-electron chi connectivity index (χ0n) is 18.8. The molecule has 1 heterocycles. The molecule has 7 nitrogen and oxygen atoms in total. The second kappa shape index (κ2) is 9.29. The topological polar surface area (TPSA) is 96.3 Å². The molecule has 0 bridgehead atoms. The van der Waals surface area contributed by atoms with E-state index in [0.717, 1.165) is 44.2 Å². The van der Waals surface area contributed by atoms with Crippen LogP contribution in [0.1, 0.15) is 55.7 Å². The summed E-state index contributed by atoms with van der Waals surface area (Å²) in [6.45, 7) is 0.177. The SMILES string of the molecule is O=C(Nc1ccc(-c2cc(C3CCCC3)n(C(=O)NCc3cccc(F)c3)n2)c(O)c1)C1CC1. The van der Waals surface area contributed by atoms with E-state index in [1.807, 2.05) is 6.07 Å². The summed E-state index contributed by atoms with van der Waals surface area (Å²) in [5, 5.41) is 20.8. The van der Waals surface area contributed by atoms with Crippen LogP contribution in [-0.2, 0) is 11.3 Å². The lowest BCUT2D eigenvalue weighted by Gasteiger charge is -2.12. The number of hydrogen-bond donors (Lipinski definition) is 3. The molecule has 3 N–H and O–H groups in total. The Morgan fingerprint density at radius 1 is 1.06 bits per heavy atom. The molecule has 2 aliphatic rings. The van der Waals surface area contributed by atoms with Crippen LogP contribution in [0.5, 0.6) is 5.75 Å². The Morgan fingerprint density at radius 3 is 2.56 bits per heavy atom. The lowest BCUT2D eigenvalue weighted by atomic mass is 10.0. The molecule has 0 spiro atoms. The highest BCUT2D eigenvalue weighted by molar-refractivity contribution is 5.94. The molecule has 2 amide bonds. The van der Waals surface area contributed by atoms with Crippen molar-refractivity contribution in [2.75, 3.05) is 5.32 Å². The molecule has 2 fully saturated rings. The molecule has 5 rings (SSSR count). The van der Waals surface area contributed by atoms with Gasteiger partial charge in [0.15, 0.2) is 0 Å². The Kier molecular flexibility index (Phi) is 6.04. The van der Waals surface area contributed by atoms with E-state index in [1.54, 1.807) is 24.3 Å². The van der Waals surface area contributed by atoms with Gasteiger partial charge in [0, 0.05) is 35.7 Å². The van der Waals surface area contributed by atoms with Crippen molar-refractivity contribution in [3.8, 4) is 17.0 Å². The highest BCUT2D eigenvalue weighted by Gasteiger charge is 2.30. The molecule has 1 aromatic heterocycles. The van der Waals surface area contributed by atoms with Gasteiger partial charge < -0.3 is 15.7 Å². The molecule has 0 atom stereocenters. The van der Waals surface area contributed by atoms with Gasteiger partial charge in [-0.2, -0.15) is 9.78 Å². The molecule has 0 aliphatic heterocycles. The molecule has 2 aromatic carbocycles. The second-order valence-electron chi connectivity index (χ2n) is 9.13. The number of aromatic nitrogens is 2. The van der Waals surface area contributed by atoms with Crippen molar-refractivity contribution in [3.05, 3.63) is 65.6 Å². The number of aromatic hydroxyl groups is 1. The molecule has 0 radical (unpaired) electrons. The fourth-order valence-corrected chi connectivity index (χ4v) is 4.52. The van der Waals surface area contributed by atoms with Crippen molar-refractivity contribution in [2.24, 2.45) is 5.92 Å². The van der Waals surface area contributed by atoms with Crippen LogP contribution >= 0.6 is 0 Å². The van der Waals surface area contributed by atoms with Gasteiger partial charge in [0.25, 0.3) is 0 Å². The van der Waals surface area contributed by atoms with E-state index in [1.165, 1.54) is 22.9 Å². The van der Waals surface area contributed by atoms with Crippen LogP contribution < -0.4 is 10.6 Å². The summed E-state index contributed by atoms with van der Waals surface area (Å²) in [4.78, 5) is 25.1. The molecule has 176 valence electrons. The number of rotatable bonds is 6. The molecule has 34 heavy (non-hydrogen) atoms. The minimum atomic E-state index is -0.398. The fourth-order valence-electron chi connectivity index (χ4n) is 4.52. The van der Waals surface area contributed by atoms with Gasteiger partial charge in [-0.1, -0.05) is 25.0 Å². The van der Waals surface area contributed by atoms with E-state index in [9.17, 15) is 19.1 Å². The first-order valence-corrected chi connectivity index (χ1v) is 11.7. The Labute approximate surface area is 197 Å². The molecular formula is C26H27FN4O3. The first kappa shape index (κ1) is 22.1. The van der Waals surface area contributed by atoms with E-state index in [2.05, 4.69) is 15.7 Å². The molecule has 2 saturated carbocycles. The van der Waals surface area contributed by atoms with Crippen LogP contribution in [0.15, 0.2) is 48.5 Å². The van der Waals surface area contributed by atoms with Crippen LogP contribution in [0.2, 0.25) is 0 Å². The van der Waals surface area contributed by atoms with E-state index in [-0.39, 0.29) is 35.9 Å². The smallest absolute Gasteiger partial charge is 0.342 e. The van der Waals surface area contributed by atoms with Gasteiger partial charge in [0.1, 0.15) is 11.6 Å². The number of phenols is 1. The number of nitrogens with one attached hydrogen (secondary N) is 2. The molecule has 8 heteroatoms. The molecular weight excluding hydrogens is 435 g/mol. The largest absolute Gasteiger partial charge is 0.507 e. The Hall–Kier alpha value is -3.68. The minimum absolute atomic E-state index is 0.0172. The highest BCUT2D eigenvalue weighted by Crippen LogP contribution is 2.38. The normalized spacial score (nSPS) is 15.9. The lowest BCUT2D eigenvalue weighted by molar-refractivity contribution is -0.117. The van der Waals surface area contributed by atoms with E-state index < -0.39 is 6.03 Å². The van der Waals surface area contributed by atoms with Crippen molar-refractivity contribution < 1.29 is 19.1 Å². The maximum Gasteiger partial charge on any atom is 0.342 e. The van der Waals surface area contributed by atoms with Crippen LogP contribution in [0, 0.1) is 11.7 Å². The van der Waals surface area contributed by atoms with Crippen molar-refractivity contribution in [1.29, 1.82) is 0 Å². The first-order chi connectivity index (χ1) is 16.5. The number of amides is 2. The maximum absolute atomic E-state index is 13.5. The molecule has 0 unspecified atom stereocenters. The zero-order valence-corrected chi connectivity index (χ0v) is 18.8. The fraction of sp³-hybridized carbons (Fsp3) is 0.346. The van der Waals surface area contributed by atoms with Crippen molar-refractivity contribution in [2.45, 2.75) is 51.0 Å². The lowest BCUT2D eigenvalue weighted by Crippen LogP contribution is -2.30. The van der Waals surface area contributed by atoms with Gasteiger partial charge in [-0.25, -0.2) is 9.18 Å². The van der Waals surface area contributed by atoms with Gasteiger partial charge in [0.2, 0.25) is 5.91 Å². The summed E-state index contributed by atoms with van der Waals surface area (Å²) in [7, 11) is 0. The van der Waals surface area contributed by atoms with E-state index >= 15 is 0 Å². The van der Waals surface area contributed by atoms with E-state index in [0.29, 0.717) is 22.5 Å². The third kappa shape index (κ3) is 4.81. The summed E-state index contributed by atoms with van der Waals surface area (Å²) in [6, 6.07) is 12.5. The second-order valence-corrected chi connectivity index (χ2v) is 9.13. The molecule has 3 aromatic rings. The predicted octanol–water partition coefficient (Wildman–Crippen LogP) is 5.16. The van der Waals surface area contributed by atoms with Gasteiger partial charge >= 0.3 is 6.03 Å². The van der Waals surface area contributed by atoms with Crippen LogP contribution in [0.25, 0.3) is 11.3 Å². The standard InChI is InChI=1S/C26H27FN4O3/c27-19-7-3-4-16(12-19)15-28-26(34)31-23(17-5-1-2-6-17)14-22(30-31)21-11-10-20(13-24(21)32)29-25(33)18-8-9-18/h3-4,7,10-14,17-18,32H,1-2,5-6,8-9,15H2,(H,28,34)(H,29,33). The Morgan fingerprint density at radius 2 is 1.85 bits per heavy atom. The van der Waals surface area contributed by atoms with Gasteiger partial charge in [-0.3, -0.25) is 4.79 Å². The quantitative estimate of drug-likeness (QED) is 0.472. The number of anilines is 1. The molecule has 0 saturated heterocycles. The summed E-state index contributed by atoms with van der Waals surface area (Å²) in [6.07, 6.45) is 5.94. The summed E-state index contributed by atoms with van der Waals surface area (Å²) >= 11 is 0. The van der Waals surface area contributed by atoms with Gasteiger partial charge in [0.05, 0.1) is 11.4 Å². The molecule has 2 aliphatic carbocycles. The third-order valence-corrected chi connectivity index (χ3v) is 6.52. The Bertz CT molecular complexity index is 1230. The van der Waals surface area contributed by atoms with Crippen LogP contribution in [0.3, 0.4) is 0 Å². The highest BCUT2D eigenvalue weighted by atomic mass is 19.1. The number of hydrogen-bond acceptors (Lipinski definition) is 4. The number of carbonyl (C=O) groups is 2. The van der Waals surface area contributed by atoms with Crippen LogP contribution in [-0.4, -0.2) is 26.8 Å². The monoisotopic (exact) mass is 462 g/mol. The third-order valence-electron chi connectivity index (χ3n) is 6.52. The number of carbonyl (C=O) groups excluding carboxylic acids is 2. The van der Waals surface area contributed by atoms with Crippen molar-refractivity contribution in [3.63, 3.8) is 0 Å². The minimum Gasteiger partial charge on any atom is -0.507 e. The number of benzene rings is 2. The predicted molar refractivity (Wildman–Crippen MR) is 126 cm³/mol. The maximum atomic E-state index is 13.5. The van der Waals surface area contributed by atoms with Crippen LogP contribution in [0.4, 0.5) is 14.9 Å². The van der Waals surface area contributed by atoms with Crippen molar-refractivity contribution >= 4 is 17.6 Å². The van der Waals surface area contributed by atoms with Gasteiger partial charge in [-0.15, -0.1) is 0 Å². The number of halogens is 1. The average Bonchev–Trinajstić information content (AvgIpc) is 3.35. The average molecular weight is 463 g/mol. The number of nitrogens with zero attached hydrogens (tertiary/aromatic N) is 2. The summed E-state index contributed by atoms with van der Waals surface area (Å²) in [5.74, 6) is -0.129. The zero-order chi connectivity index (χ0) is 23.7.